The molecule has 0 spiro atoms. The Labute approximate surface area is 160 Å². The molecular formula is C20H19N5O3. The highest BCUT2D eigenvalue weighted by atomic mass is 16.5. The van der Waals surface area contributed by atoms with Crippen LogP contribution in [0.25, 0.3) is 28.1 Å². The topological polar surface area (TPSA) is 83.5 Å². The van der Waals surface area contributed by atoms with Crippen LogP contribution >= 0.6 is 0 Å². The van der Waals surface area contributed by atoms with Crippen LogP contribution in [0.15, 0.2) is 41.5 Å². The summed E-state index contributed by atoms with van der Waals surface area (Å²) in [5.74, 6) is 2.38. The van der Waals surface area contributed by atoms with E-state index in [9.17, 15) is 4.79 Å². The minimum atomic E-state index is -0.0682. The van der Waals surface area contributed by atoms with Crippen molar-refractivity contribution in [1.82, 2.24) is 24.1 Å². The molecule has 5 rings (SSSR count). The molecule has 0 atom stereocenters. The summed E-state index contributed by atoms with van der Waals surface area (Å²) in [6.45, 7) is 3.97. The summed E-state index contributed by atoms with van der Waals surface area (Å²) < 4.78 is 14.7. The average molecular weight is 377 g/mol. The minimum absolute atomic E-state index is 0.0682. The predicted molar refractivity (Wildman–Crippen MR) is 104 cm³/mol. The number of aryl methyl sites for hydroxylation is 1. The third-order valence-electron chi connectivity index (χ3n) is 4.78. The Morgan fingerprint density at radius 1 is 1.14 bits per heavy atom. The van der Waals surface area contributed by atoms with Gasteiger partial charge in [-0.2, -0.15) is 9.50 Å². The lowest BCUT2D eigenvalue weighted by Gasteiger charge is -2.07. The molecule has 28 heavy (non-hydrogen) atoms. The summed E-state index contributed by atoms with van der Waals surface area (Å²) in [7, 11) is 0. The maximum atomic E-state index is 12.7. The quantitative estimate of drug-likeness (QED) is 0.546. The first-order valence-corrected chi connectivity index (χ1v) is 9.39. The van der Waals surface area contributed by atoms with Gasteiger partial charge in [0.05, 0.1) is 24.1 Å². The van der Waals surface area contributed by atoms with Crippen LogP contribution in [-0.4, -0.2) is 37.4 Å². The second-order valence-electron chi connectivity index (χ2n) is 6.73. The van der Waals surface area contributed by atoms with E-state index in [4.69, 9.17) is 9.47 Å². The zero-order valence-corrected chi connectivity index (χ0v) is 15.5. The number of nitrogens with zero attached hydrogens (tertiary/aromatic N) is 5. The normalized spacial score (nSPS) is 13.8. The van der Waals surface area contributed by atoms with Crippen LogP contribution in [0, 0.1) is 0 Å². The van der Waals surface area contributed by atoms with Gasteiger partial charge in [-0.1, -0.05) is 6.92 Å². The Morgan fingerprint density at radius 2 is 2.00 bits per heavy atom. The Hall–Kier alpha value is -3.42. The van der Waals surface area contributed by atoms with E-state index in [-0.39, 0.29) is 5.56 Å². The molecule has 8 nitrogen and oxygen atoms in total. The van der Waals surface area contributed by atoms with Crippen molar-refractivity contribution in [3.63, 3.8) is 0 Å². The number of hydrogen-bond acceptors (Lipinski definition) is 6. The SMILES string of the molecule is CCCn1ccc2c(cnc3nc(-c4ccc5c(c4)OCCCO5)nn32)c1=O. The van der Waals surface area contributed by atoms with E-state index in [1.54, 1.807) is 21.5 Å². The van der Waals surface area contributed by atoms with Gasteiger partial charge >= 0.3 is 0 Å². The molecule has 0 N–H and O–H groups in total. The first-order valence-electron chi connectivity index (χ1n) is 9.39. The van der Waals surface area contributed by atoms with E-state index in [0.717, 1.165) is 24.2 Å². The molecule has 8 heteroatoms. The van der Waals surface area contributed by atoms with E-state index in [0.29, 0.717) is 48.0 Å². The number of hydrogen-bond donors (Lipinski definition) is 0. The third-order valence-corrected chi connectivity index (χ3v) is 4.78. The van der Waals surface area contributed by atoms with Gasteiger partial charge < -0.3 is 14.0 Å². The van der Waals surface area contributed by atoms with Crippen LogP contribution in [0.5, 0.6) is 11.5 Å². The first kappa shape index (κ1) is 16.7. The van der Waals surface area contributed by atoms with E-state index < -0.39 is 0 Å². The van der Waals surface area contributed by atoms with Crippen molar-refractivity contribution in [2.24, 2.45) is 0 Å². The van der Waals surface area contributed by atoms with Gasteiger partial charge in [0, 0.05) is 30.9 Å². The molecule has 1 aliphatic heterocycles. The number of rotatable bonds is 3. The molecule has 0 aliphatic carbocycles. The van der Waals surface area contributed by atoms with Crippen molar-refractivity contribution in [2.45, 2.75) is 26.3 Å². The highest BCUT2D eigenvalue weighted by Gasteiger charge is 2.16. The van der Waals surface area contributed by atoms with Crippen molar-refractivity contribution in [1.29, 1.82) is 0 Å². The molecule has 0 saturated heterocycles. The Kier molecular flexibility index (Phi) is 3.96. The van der Waals surface area contributed by atoms with Crippen LogP contribution in [0.2, 0.25) is 0 Å². The average Bonchev–Trinajstić information content (AvgIpc) is 3.01. The van der Waals surface area contributed by atoms with Crippen LogP contribution in [-0.2, 0) is 6.54 Å². The zero-order valence-electron chi connectivity index (χ0n) is 15.5. The predicted octanol–water partition coefficient (Wildman–Crippen LogP) is 2.68. The van der Waals surface area contributed by atoms with E-state index in [1.807, 2.05) is 31.2 Å². The largest absolute Gasteiger partial charge is 0.490 e. The number of fused-ring (bicyclic) bond motifs is 4. The fourth-order valence-electron chi connectivity index (χ4n) is 3.40. The first-order chi connectivity index (χ1) is 13.7. The van der Waals surface area contributed by atoms with Crippen molar-refractivity contribution in [2.75, 3.05) is 13.2 Å². The number of pyridine rings is 1. The molecule has 0 saturated carbocycles. The Balaban J connectivity index is 1.64. The van der Waals surface area contributed by atoms with Gasteiger partial charge in [0.15, 0.2) is 17.3 Å². The van der Waals surface area contributed by atoms with E-state index >= 15 is 0 Å². The molecule has 0 radical (unpaired) electrons. The lowest BCUT2D eigenvalue weighted by molar-refractivity contribution is 0.297. The summed E-state index contributed by atoms with van der Waals surface area (Å²) in [5.41, 5.74) is 1.43. The number of benzene rings is 1. The molecule has 1 aromatic carbocycles. The smallest absolute Gasteiger partial charge is 0.261 e. The van der Waals surface area contributed by atoms with Gasteiger partial charge in [0.25, 0.3) is 11.3 Å². The highest BCUT2D eigenvalue weighted by molar-refractivity contribution is 5.79. The van der Waals surface area contributed by atoms with Crippen molar-refractivity contribution in [3.05, 3.63) is 47.0 Å². The van der Waals surface area contributed by atoms with Crippen LogP contribution in [0.1, 0.15) is 19.8 Å². The molecule has 4 aromatic rings. The molecule has 3 aromatic heterocycles. The number of aromatic nitrogens is 5. The number of ether oxygens (including phenoxy) is 2. The van der Waals surface area contributed by atoms with Gasteiger partial charge in [-0.3, -0.25) is 4.79 Å². The molecule has 0 unspecified atom stereocenters. The summed E-state index contributed by atoms with van der Waals surface area (Å²) in [6.07, 6.45) is 5.11. The second-order valence-corrected chi connectivity index (χ2v) is 6.73. The molecule has 0 amide bonds. The summed E-state index contributed by atoms with van der Waals surface area (Å²) in [5, 5.41) is 5.13. The van der Waals surface area contributed by atoms with Crippen molar-refractivity contribution >= 4 is 16.7 Å². The molecular weight excluding hydrogens is 358 g/mol. The van der Waals surface area contributed by atoms with E-state index in [2.05, 4.69) is 15.1 Å². The van der Waals surface area contributed by atoms with E-state index in [1.165, 1.54) is 0 Å². The minimum Gasteiger partial charge on any atom is -0.490 e. The van der Waals surface area contributed by atoms with Crippen molar-refractivity contribution in [3.8, 4) is 22.9 Å². The van der Waals surface area contributed by atoms with Crippen LogP contribution in [0.4, 0.5) is 0 Å². The zero-order chi connectivity index (χ0) is 19.1. The fraction of sp³-hybridized carbons (Fsp3) is 0.300. The van der Waals surface area contributed by atoms with Crippen molar-refractivity contribution < 1.29 is 9.47 Å². The lowest BCUT2D eigenvalue weighted by atomic mass is 10.2. The summed E-state index contributed by atoms with van der Waals surface area (Å²) in [6, 6.07) is 7.54. The molecule has 1 aliphatic rings. The van der Waals surface area contributed by atoms with Gasteiger partial charge in [-0.25, -0.2) is 4.98 Å². The Morgan fingerprint density at radius 3 is 2.86 bits per heavy atom. The molecule has 0 fully saturated rings. The van der Waals surface area contributed by atoms with Gasteiger partial charge in [0.2, 0.25) is 0 Å². The standard InChI is InChI=1S/C20H19N5O3/c1-2-7-24-8-6-15-14(19(24)26)12-21-20-22-18(23-25(15)20)13-4-5-16-17(11-13)28-10-3-9-27-16/h4-6,8,11-12H,2-3,7,9-10H2,1H3. The molecule has 4 heterocycles. The molecule has 142 valence electrons. The fourth-order valence-corrected chi connectivity index (χ4v) is 3.40. The van der Waals surface area contributed by atoms with Gasteiger partial charge in [-0.05, 0) is 30.7 Å². The highest BCUT2D eigenvalue weighted by Crippen LogP contribution is 2.33. The monoisotopic (exact) mass is 377 g/mol. The Bertz CT molecular complexity index is 1240. The maximum absolute atomic E-state index is 12.7. The van der Waals surface area contributed by atoms with Gasteiger partial charge in [-0.15, -0.1) is 5.10 Å². The van der Waals surface area contributed by atoms with Crippen LogP contribution < -0.4 is 15.0 Å². The molecule has 0 bridgehead atoms. The maximum Gasteiger partial charge on any atom is 0.261 e. The summed E-state index contributed by atoms with van der Waals surface area (Å²) >= 11 is 0. The summed E-state index contributed by atoms with van der Waals surface area (Å²) in [4.78, 5) is 21.5. The second kappa shape index (κ2) is 6.63. The van der Waals surface area contributed by atoms with Gasteiger partial charge in [0.1, 0.15) is 0 Å². The van der Waals surface area contributed by atoms with Crippen LogP contribution in [0.3, 0.4) is 0 Å². The third kappa shape index (κ3) is 2.69. The lowest BCUT2D eigenvalue weighted by Crippen LogP contribution is -2.20.